The summed E-state index contributed by atoms with van der Waals surface area (Å²) < 4.78 is 0. The van der Waals surface area contributed by atoms with Crippen LogP contribution in [-0.2, 0) is 0 Å². The van der Waals surface area contributed by atoms with Gasteiger partial charge in [0.25, 0.3) is 0 Å². The Morgan fingerprint density at radius 2 is 2.29 bits per heavy atom. The van der Waals surface area contributed by atoms with Crippen molar-refractivity contribution in [3.05, 3.63) is 21.4 Å². The molecule has 0 spiro atoms. The average molecular weight is 210 g/mol. The van der Waals surface area contributed by atoms with Crippen molar-refractivity contribution in [1.82, 2.24) is 5.32 Å². The molecule has 1 unspecified atom stereocenters. The minimum Gasteiger partial charge on any atom is -0.329 e. The summed E-state index contributed by atoms with van der Waals surface area (Å²) in [6.45, 7) is 5.05. The minimum absolute atomic E-state index is 0.368. The van der Waals surface area contributed by atoms with Gasteiger partial charge in [0.05, 0.1) is 0 Å². The van der Waals surface area contributed by atoms with Gasteiger partial charge >= 0.3 is 0 Å². The lowest BCUT2D eigenvalue weighted by Gasteiger charge is -2.16. The first kappa shape index (κ1) is 10.1. The lowest BCUT2D eigenvalue weighted by molar-refractivity contribution is 0.538. The molecule has 0 aliphatic heterocycles. The molecule has 14 heavy (non-hydrogen) atoms. The Morgan fingerprint density at radius 3 is 2.71 bits per heavy atom. The lowest BCUT2D eigenvalue weighted by Crippen LogP contribution is -2.29. The molecule has 2 rings (SSSR count). The molecule has 1 atom stereocenters. The normalized spacial score (nSPS) is 18.5. The van der Waals surface area contributed by atoms with Crippen molar-refractivity contribution in [2.75, 3.05) is 6.54 Å². The molecule has 1 aromatic heterocycles. The Morgan fingerprint density at radius 1 is 1.57 bits per heavy atom. The second-order valence-electron chi connectivity index (χ2n) is 4.10. The van der Waals surface area contributed by atoms with Crippen molar-refractivity contribution in [3.8, 4) is 0 Å². The van der Waals surface area contributed by atoms with E-state index in [-0.39, 0.29) is 0 Å². The van der Waals surface area contributed by atoms with E-state index in [2.05, 4.69) is 25.2 Å². The van der Waals surface area contributed by atoms with Gasteiger partial charge in [0.2, 0.25) is 0 Å². The predicted octanol–water partition coefficient (Wildman–Crippen LogP) is 2.12. The molecular formula is C11H18N2S. The third-order valence-electron chi connectivity index (χ3n) is 2.70. The van der Waals surface area contributed by atoms with E-state index in [1.807, 2.05) is 11.3 Å². The first-order valence-electron chi connectivity index (χ1n) is 5.23. The van der Waals surface area contributed by atoms with Crippen molar-refractivity contribution < 1.29 is 0 Å². The van der Waals surface area contributed by atoms with Crippen LogP contribution >= 0.6 is 11.3 Å². The van der Waals surface area contributed by atoms with Gasteiger partial charge in [-0.25, -0.2) is 0 Å². The van der Waals surface area contributed by atoms with E-state index in [4.69, 9.17) is 5.73 Å². The number of aryl methyl sites for hydroxylation is 2. The maximum Gasteiger partial charge on any atom is 0.0457 e. The van der Waals surface area contributed by atoms with Crippen molar-refractivity contribution in [3.63, 3.8) is 0 Å². The zero-order valence-electron chi connectivity index (χ0n) is 8.84. The van der Waals surface area contributed by atoms with Crippen LogP contribution in [0.15, 0.2) is 6.07 Å². The third kappa shape index (κ3) is 2.16. The quantitative estimate of drug-likeness (QED) is 0.799. The highest BCUT2D eigenvalue weighted by atomic mass is 32.1. The van der Waals surface area contributed by atoms with Crippen LogP contribution in [0.4, 0.5) is 0 Å². The molecule has 78 valence electrons. The van der Waals surface area contributed by atoms with Gasteiger partial charge in [-0.15, -0.1) is 11.3 Å². The van der Waals surface area contributed by atoms with Crippen LogP contribution in [0.3, 0.4) is 0 Å². The predicted molar refractivity (Wildman–Crippen MR) is 61.7 cm³/mol. The highest BCUT2D eigenvalue weighted by molar-refractivity contribution is 7.12. The first-order chi connectivity index (χ1) is 6.70. The third-order valence-corrected chi connectivity index (χ3v) is 3.69. The Bertz CT molecular complexity index is 315. The first-order valence-corrected chi connectivity index (χ1v) is 6.05. The van der Waals surface area contributed by atoms with Gasteiger partial charge in [-0.1, -0.05) is 0 Å². The van der Waals surface area contributed by atoms with Gasteiger partial charge in [-0.05, 0) is 38.3 Å². The minimum atomic E-state index is 0.368. The number of thiophene rings is 1. The summed E-state index contributed by atoms with van der Waals surface area (Å²) in [5, 5.41) is 3.59. The second-order valence-corrected chi connectivity index (χ2v) is 5.56. The van der Waals surface area contributed by atoms with E-state index in [0.717, 1.165) is 6.04 Å². The second kappa shape index (κ2) is 4.01. The van der Waals surface area contributed by atoms with Crippen LogP contribution in [0.5, 0.6) is 0 Å². The molecular weight excluding hydrogens is 192 g/mol. The summed E-state index contributed by atoms with van der Waals surface area (Å²) >= 11 is 1.86. The van der Waals surface area contributed by atoms with Gasteiger partial charge in [0.15, 0.2) is 0 Å². The molecule has 0 saturated heterocycles. The van der Waals surface area contributed by atoms with E-state index >= 15 is 0 Å². The van der Waals surface area contributed by atoms with Crippen molar-refractivity contribution in [2.24, 2.45) is 5.73 Å². The van der Waals surface area contributed by atoms with Crippen molar-refractivity contribution in [2.45, 2.75) is 38.8 Å². The molecule has 0 amide bonds. The van der Waals surface area contributed by atoms with Gasteiger partial charge in [0, 0.05) is 28.4 Å². The molecule has 1 aliphatic carbocycles. The van der Waals surface area contributed by atoms with Crippen LogP contribution in [0.1, 0.15) is 34.2 Å². The fraction of sp³-hybridized carbons (Fsp3) is 0.636. The van der Waals surface area contributed by atoms with Crippen molar-refractivity contribution in [1.29, 1.82) is 0 Å². The summed E-state index contributed by atoms with van der Waals surface area (Å²) in [5.41, 5.74) is 7.21. The van der Waals surface area contributed by atoms with Gasteiger partial charge in [-0.3, -0.25) is 0 Å². The Balaban J connectivity index is 2.12. The molecule has 3 heteroatoms. The van der Waals surface area contributed by atoms with Crippen molar-refractivity contribution >= 4 is 11.3 Å². The standard InChI is InChI=1S/C11H18N2S/c1-7-5-10(8(2)14-7)11(6-12)13-9-3-4-9/h5,9,11,13H,3-4,6,12H2,1-2H3. The SMILES string of the molecule is Cc1cc(C(CN)NC2CC2)c(C)s1. The Kier molecular flexibility index (Phi) is 2.91. The maximum absolute atomic E-state index is 5.80. The number of nitrogens with one attached hydrogen (secondary N) is 1. The molecule has 0 bridgehead atoms. The number of hydrogen-bond acceptors (Lipinski definition) is 3. The topological polar surface area (TPSA) is 38.0 Å². The average Bonchev–Trinajstić information content (AvgIpc) is 2.89. The molecule has 0 aromatic carbocycles. The van der Waals surface area contributed by atoms with Crippen LogP contribution in [-0.4, -0.2) is 12.6 Å². The van der Waals surface area contributed by atoms with Crippen LogP contribution in [0.25, 0.3) is 0 Å². The molecule has 3 N–H and O–H groups in total. The fourth-order valence-corrected chi connectivity index (χ4v) is 2.80. The monoisotopic (exact) mass is 210 g/mol. The van der Waals surface area contributed by atoms with Crippen LogP contribution < -0.4 is 11.1 Å². The summed E-state index contributed by atoms with van der Waals surface area (Å²) in [7, 11) is 0. The number of rotatable bonds is 4. The van der Waals surface area contributed by atoms with E-state index in [1.165, 1.54) is 28.2 Å². The summed E-state index contributed by atoms with van der Waals surface area (Å²) in [6.07, 6.45) is 2.64. The lowest BCUT2D eigenvalue weighted by atomic mass is 10.1. The van der Waals surface area contributed by atoms with E-state index in [9.17, 15) is 0 Å². The number of hydrogen-bond donors (Lipinski definition) is 2. The van der Waals surface area contributed by atoms with Crippen LogP contribution in [0, 0.1) is 13.8 Å². The van der Waals surface area contributed by atoms with Gasteiger partial charge in [-0.2, -0.15) is 0 Å². The molecule has 1 heterocycles. The number of nitrogens with two attached hydrogens (primary N) is 1. The molecule has 0 radical (unpaired) electrons. The van der Waals surface area contributed by atoms with Gasteiger partial charge in [0.1, 0.15) is 0 Å². The zero-order chi connectivity index (χ0) is 10.1. The fourth-order valence-electron chi connectivity index (χ4n) is 1.82. The Labute approximate surface area is 89.5 Å². The molecule has 1 fully saturated rings. The van der Waals surface area contributed by atoms with Gasteiger partial charge < -0.3 is 11.1 Å². The van der Waals surface area contributed by atoms with E-state index < -0.39 is 0 Å². The smallest absolute Gasteiger partial charge is 0.0457 e. The Hall–Kier alpha value is -0.380. The van der Waals surface area contributed by atoms with E-state index in [0.29, 0.717) is 12.6 Å². The summed E-state index contributed by atoms with van der Waals surface area (Å²) in [4.78, 5) is 2.79. The highest BCUT2D eigenvalue weighted by Crippen LogP contribution is 2.29. The molecule has 1 saturated carbocycles. The van der Waals surface area contributed by atoms with Crippen LogP contribution in [0.2, 0.25) is 0 Å². The largest absolute Gasteiger partial charge is 0.329 e. The molecule has 1 aromatic rings. The summed E-state index contributed by atoms with van der Waals surface area (Å²) in [5.74, 6) is 0. The molecule has 1 aliphatic rings. The zero-order valence-corrected chi connectivity index (χ0v) is 9.66. The highest BCUT2D eigenvalue weighted by Gasteiger charge is 2.25. The molecule has 2 nitrogen and oxygen atoms in total. The summed E-state index contributed by atoms with van der Waals surface area (Å²) in [6, 6.07) is 3.36. The maximum atomic E-state index is 5.80. The van der Waals surface area contributed by atoms with E-state index in [1.54, 1.807) is 0 Å².